The van der Waals surface area contributed by atoms with Crippen LogP contribution in [0, 0.1) is 3.57 Å². The monoisotopic (exact) mass is 410 g/mol. The Bertz CT molecular complexity index is 757. The second-order valence-electron chi connectivity index (χ2n) is 4.56. The maximum absolute atomic E-state index is 6.36. The summed E-state index contributed by atoms with van der Waals surface area (Å²) in [5.74, 6) is 0. The Balaban J connectivity index is 2.01. The molecule has 4 nitrogen and oxygen atoms in total. The lowest BCUT2D eigenvalue weighted by Gasteiger charge is -2.14. The van der Waals surface area contributed by atoms with Crippen molar-refractivity contribution in [3.63, 3.8) is 0 Å². The van der Waals surface area contributed by atoms with Crippen molar-refractivity contribution in [2.75, 3.05) is 0 Å². The minimum Gasteiger partial charge on any atom is -0.319 e. The first kappa shape index (κ1) is 14.5. The van der Waals surface area contributed by atoms with Crippen LogP contribution >= 0.6 is 34.2 Å². The second kappa shape index (κ2) is 6.13. The number of nitrogens with two attached hydrogens (primary N) is 1. The van der Waals surface area contributed by atoms with E-state index in [4.69, 9.17) is 17.3 Å². The third kappa shape index (κ3) is 2.95. The maximum atomic E-state index is 6.36. The molecule has 3 aromatic rings. The average Bonchev–Trinajstić information content (AvgIpc) is 2.99. The number of benzene rings is 2. The quantitative estimate of drug-likeness (QED) is 0.672. The predicted octanol–water partition coefficient (Wildman–Crippen LogP) is 3.57. The molecule has 0 spiro atoms. The van der Waals surface area contributed by atoms with Crippen molar-refractivity contribution in [2.45, 2.75) is 6.04 Å². The molecule has 1 aromatic heterocycles. The van der Waals surface area contributed by atoms with Crippen LogP contribution in [0.2, 0.25) is 5.02 Å². The van der Waals surface area contributed by atoms with Crippen LogP contribution in [0.15, 0.2) is 54.7 Å². The van der Waals surface area contributed by atoms with Gasteiger partial charge in [0.15, 0.2) is 0 Å². The Morgan fingerprint density at radius 2 is 1.90 bits per heavy atom. The normalized spacial score (nSPS) is 12.3. The largest absolute Gasteiger partial charge is 0.319 e. The first-order chi connectivity index (χ1) is 10.2. The molecule has 3 rings (SSSR count). The van der Waals surface area contributed by atoms with E-state index in [1.807, 2.05) is 48.5 Å². The van der Waals surface area contributed by atoms with Crippen LogP contribution in [0.1, 0.15) is 17.3 Å². The summed E-state index contributed by atoms with van der Waals surface area (Å²) in [6.07, 6.45) is 1.68. The number of aromatic nitrogens is 3. The van der Waals surface area contributed by atoms with Gasteiger partial charge in [0.05, 0.1) is 28.6 Å². The molecular weight excluding hydrogens is 399 g/mol. The molecule has 1 unspecified atom stereocenters. The van der Waals surface area contributed by atoms with Crippen LogP contribution in [-0.4, -0.2) is 15.0 Å². The lowest BCUT2D eigenvalue weighted by atomic mass is 10.1. The molecule has 2 aromatic carbocycles. The van der Waals surface area contributed by atoms with Crippen molar-refractivity contribution in [3.8, 4) is 5.69 Å². The van der Waals surface area contributed by atoms with Gasteiger partial charge in [-0.05, 0) is 52.4 Å². The molecular formula is C15H12ClIN4. The van der Waals surface area contributed by atoms with Gasteiger partial charge in [0.2, 0.25) is 0 Å². The Labute approximate surface area is 141 Å². The van der Waals surface area contributed by atoms with E-state index in [1.54, 1.807) is 10.9 Å². The van der Waals surface area contributed by atoms with Gasteiger partial charge in [0.25, 0.3) is 0 Å². The molecule has 106 valence electrons. The Hall–Kier alpha value is -1.44. The highest BCUT2D eigenvalue weighted by atomic mass is 127. The van der Waals surface area contributed by atoms with Gasteiger partial charge in [0.1, 0.15) is 0 Å². The standard InChI is InChI=1S/C15H12ClIN4/c16-12-8-10(6-7-13(12)17)15(18)14-9-19-20-21(14)11-4-2-1-3-5-11/h1-9,15H,18H2. The molecule has 1 heterocycles. The number of halogens is 2. The Morgan fingerprint density at radius 1 is 1.14 bits per heavy atom. The van der Waals surface area contributed by atoms with Gasteiger partial charge in [0, 0.05) is 3.57 Å². The smallest absolute Gasteiger partial charge is 0.0858 e. The molecule has 0 radical (unpaired) electrons. The van der Waals surface area contributed by atoms with Gasteiger partial charge in [-0.1, -0.05) is 41.1 Å². The fourth-order valence-corrected chi connectivity index (χ4v) is 2.63. The Morgan fingerprint density at radius 3 is 2.62 bits per heavy atom. The molecule has 21 heavy (non-hydrogen) atoms. The van der Waals surface area contributed by atoms with E-state index in [9.17, 15) is 0 Å². The number of nitrogens with zero attached hydrogens (tertiary/aromatic N) is 3. The van der Waals surface area contributed by atoms with E-state index < -0.39 is 0 Å². The minimum absolute atomic E-state index is 0.338. The number of rotatable bonds is 3. The van der Waals surface area contributed by atoms with E-state index in [0.717, 1.165) is 20.5 Å². The van der Waals surface area contributed by atoms with Crippen LogP contribution in [0.4, 0.5) is 0 Å². The summed E-state index contributed by atoms with van der Waals surface area (Å²) in [6, 6.07) is 15.3. The SMILES string of the molecule is NC(c1ccc(I)c(Cl)c1)c1cnnn1-c1ccccc1. The third-order valence-electron chi connectivity index (χ3n) is 3.20. The predicted molar refractivity (Wildman–Crippen MR) is 91.6 cm³/mol. The van der Waals surface area contributed by atoms with Crippen LogP contribution in [0.5, 0.6) is 0 Å². The van der Waals surface area contributed by atoms with Gasteiger partial charge < -0.3 is 5.73 Å². The highest BCUT2D eigenvalue weighted by molar-refractivity contribution is 14.1. The lowest BCUT2D eigenvalue weighted by molar-refractivity contribution is 0.719. The molecule has 2 N–H and O–H groups in total. The summed E-state index contributed by atoms with van der Waals surface area (Å²) in [5, 5.41) is 8.81. The first-order valence-electron chi connectivity index (χ1n) is 6.33. The summed E-state index contributed by atoms with van der Waals surface area (Å²) in [7, 11) is 0. The van der Waals surface area contributed by atoms with E-state index >= 15 is 0 Å². The van der Waals surface area contributed by atoms with Crippen molar-refractivity contribution in [1.29, 1.82) is 0 Å². The topological polar surface area (TPSA) is 56.7 Å². The molecule has 6 heteroatoms. The van der Waals surface area contributed by atoms with Crippen molar-refractivity contribution in [2.24, 2.45) is 5.73 Å². The van der Waals surface area contributed by atoms with E-state index in [2.05, 4.69) is 32.9 Å². The summed E-state index contributed by atoms with van der Waals surface area (Å²) >= 11 is 8.37. The lowest BCUT2D eigenvalue weighted by Crippen LogP contribution is -2.16. The molecule has 0 saturated heterocycles. The van der Waals surface area contributed by atoms with Crippen molar-refractivity contribution < 1.29 is 0 Å². The fraction of sp³-hybridized carbons (Fsp3) is 0.0667. The third-order valence-corrected chi connectivity index (χ3v) is 4.77. The number of hydrogen-bond acceptors (Lipinski definition) is 3. The van der Waals surface area contributed by atoms with E-state index in [1.165, 1.54) is 0 Å². The van der Waals surface area contributed by atoms with Crippen molar-refractivity contribution in [1.82, 2.24) is 15.0 Å². The highest BCUT2D eigenvalue weighted by Crippen LogP contribution is 2.26. The zero-order valence-electron chi connectivity index (χ0n) is 10.9. The summed E-state index contributed by atoms with van der Waals surface area (Å²) in [6.45, 7) is 0. The molecule has 0 saturated carbocycles. The molecule has 0 fully saturated rings. The van der Waals surface area contributed by atoms with Gasteiger partial charge >= 0.3 is 0 Å². The molecule has 0 amide bonds. The van der Waals surface area contributed by atoms with Crippen LogP contribution in [0.3, 0.4) is 0 Å². The number of hydrogen-bond donors (Lipinski definition) is 1. The minimum atomic E-state index is -0.338. The van der Waals surface area contributed by atoms with Crippen LogP contribution in [0.25, 0.3) is 5.69 Å². The summed E-state index contributed by atoms with van der Waals surface area (Å²) in [4.78, 5) is 0. The van der Waals surface area contributed by atoms with Gasteiger partial charge in [-0.15, -0.1) is 5.10 Å². The maximum Gasteiger partial charge on any atom is 0.0858 e. The van der Waals surface area contributed by atoms with E-state index in [0.29, 0.717) is 5.02 Å². The zero-order chi connectivity index (χ0) is 14.8. The van der Waals surface area contributed by atoms with Gasteiger partial charge in [-0.2, -0.15) is 0 Å². The molecule has 0 aliphatic rings. The van der Waals surface area contributed by atoms with Gasteiger partial charge in [-0.25, -0.2) is 4.68 Å². The Kier molecular flexibility index (Phi) is 4.23. The van der Waals surface area contributed by atoms with Crippen LogP contribution in [-0.2, 0) is 0 Å². The molecule has 1 atom stereocenters. The molecule has 0 bridgehead atoms. The zero-order valence-corrected chi connectivity index (χ0v) is 13.9. The van der Waals surface area contributed by atoms with Crippen molar-refractivity contribution >= 4 is 34.2 Å². The second-order valence-corrected chi connectivity index (χ2v) is 6.13. The summed E-state index contributed by atoms with van der Waals surface area (Å²) < 4.78 is 2.75. The highest BCUT2D eigenvalue weighted by Gasteiger charge is 2.16. The van der Waals surface area contributed by atoms with E-state index in [-0.39, 0.29) is 6.04 Å². The average molecular weight is 411 g/mol. The van der Waals surface area contributed by atoms with Gasteiger partial charge in [-0.3, -0.25) is 0 Å². The van der Waals surface area contributed by atoms with Crippen LogP contribution < -0.4 is 5.73 Å². The summed E-state index contributed by atoms with van der Waals surface area (Å²) in [5.41, 5.74) is 9.03. The molecule has 0 aliphatic heterocycles. The first-order valence-corrected chi connectivity index (χ1v) is 7.79. The number of para-hydroxylation sites is 1. The molecule has 0 aliphatic carbocycles. The fourth-order valence-electron chi connectivity index (χ4n) is 2.10. The van der Waals surface area contributed by atoms with Crippen molar-refractivity contribution in [3.05, 3.63) is 74.6 Å².